The summed E-state index contributed by atoms with van der Waals surface area (Å²) in [6.07, 6.45) is 1.38. The van der Waals surface area contributed by atoms with Crippen LogP contribution in [0.4, 0.5) is 0 Å². The van der Waals surface area contributed by atoms with E-state index in [0.717, 1.165) is 19.3 Å². The third-order valence-corrected chi connectivity index (χ3v) is 4.72. The van der Waals surface area contributed by atoms with Crippen molar-refractivity contribution in [1.82, 2.24) is 10.4 Å². The fourth-order valence-electron chi connectivity index (χ4n) is 3.28. The standard InChI is InChI=1S/C18H26N2O4/c1-2-3-9-15(16(21)17(22)19-24)18(23)20-11-10-14(12-20)13-7-5-4-6-8-13/h4-8,14-16,21,24H,2-3,9-12H2,1H3,(H,19,22). The Morgan fingerprint density at radius 2 is 2.04 bits per heavy atom. The monoisotopic (exact) mass is 334 g/mol. The Hall–Kier alpha value is -1.92. The number of carbonyl (C=O) groups excluding carboxylic acids is 2. The van der Waals surface area contributed by atoms with Crippen molar-refractivity contribution >= 4 is 11.8 Å². The summed E-state index contributed by atoms with van der Waals surface area (Å²) < 4.78 is 0. The Bertz CT molecular complexity index is 549. The van der Waals surface area contributed by atoms with Crippen LogP contribution in [0.15, 0.2) is 30.3 Å². The van der Waals surface area contributed by atoms with Gasteiger partial charge in [0, 0.05) is 19.0 Å². The number of nitrogens with one attached hydrogen (secondary N) is 1. The van der Waals surface area contributed by atoms with E-state index < -0.39 is 17.9 Å². The van der Waals surface area contributed by atoms with Gasteiger partial charge in [-0.2, -0.15) is 0 Å². The second kappa shape index (κ2) is 8.80. The molecule has 0 aromatic heterocycles. The summed E-state index contributed by atoms with van der Waals surface area (Å²) in [6, 6.07) is 10.0. The van der Waals surface area contributed by atoms with Gasteiger partial charge in [-0.25, -0.2) is 5.48 Å². The first-order valence-electron chi connectivity index (χ1n) is 8.54. The van der Waals surface area contributed by atoms with E-state index >= 15 is 0 Å². The highest BCUT2D eigenvalue weighted by atomic mass is 16.5. The van der Waals surface area contributed by atoms with Crippen LogP contribution >= 0.6 is 0 Å². The van der Waals surface area contributed by atoms with Crippen molar-refractivity contribution < 1.29 is 19.9 Å². The minimum Gasteiger partial charge on any atom is -0.382 e. The Kier molecular flexibility index (Phi) is 6.75. The number of benzene rings is 1. The second-order valence-electron chi connectivity index (χ2n) is 6.35. The molecule has 1 aromatic rings. The Labute approximate surface area is 142 Å². The molecule has 132 valence electrons. The molecule has 0 saturated carbocycles. The van der Waals surface area contributed by atoms with Gasteiger partial charge in [-0.3, -0.25) is 14.8 Å². The average molecular weight is 334 g/mol. The van der Waals surface area contributed by atoms with Crippen molar-refractivity contribution in [3.05, 3.63) is 35.9 Å². The second-order valence-corrected chi connectivity index (χ2v) is 6.35. The van der Waals surface area contributed by atoms with Gasteiger partial charge in [-0.05, 0) is 18.4 Å². The van der Waals surface area contributed by atoms with E-state index in [2.05, 4.69) is 12.1 Å². The average Bonchev–Trinajstić information content (AvgIpc) is 3.11. The first-order chi connectivity index (χ1) is 11.6. The minimum atomic E-state index is -1.52. The molecule has 3 atom stereocenters. The van der Waals surface area contributed by atoms with E-state index in [-0.39, 0.29) is 11.8 Å². The fourth-order valence-corrected chi connectivity index (χ4v) is 3.28. The van der Waals surface area contributed by atoms with Gasteiger partial charge in [0.1, 0.15) is 6.10 Å². The molecule has 3 unspecified atom stereocenters. The Balaban J connectivity index is 2.05. The third kappa shape index (κ3) is 4.33. The molecule has 2 amide bonds. The SMILES string of the molecule is CCCCC(C(=O)N1CCC(c2ccccc2)C1)C(O)C(=O)NO. The number of hydrogen-bond acceptors (Lipinski definition) is 4. The number of hydrogen-bond donors (Lipinski definition) is 3. The maximum atomic E-state index is 12.8. The molecule has 0 radical (unpaired) electrons. The zero-order valence-corrected chi connectivity index (χ0v) is 14.0. The van der Waals surface area contributed by atoms with Gasteiger partial charge in [0.25, 0.3) is 5.91 Å². The van der Waals surface area contributed by atoms with Crippen molar-refractivity contribution in [3.8, 4) is 0 Å². The predicted octanol–water partition coefficient (Wildman–Crippen LogP) is 1.68. The van der Waals surface area contributed by atoms with Gasteiger partial charge >= 0.3 is 0 Å². The van der Waals surface area contributed by atoms with Crippen LogP contribution in [-0.4, -0.2) is 46.2 Å². The molecule has 1 heterocycles. The number of carbonyl (C=O) groups is 2. The van der Waals surface area contributed by atoms with E-state index in [1.54, 1.807) is 4.90 Å². The van der Waals surface area contributed by atoms with Crippen molar-refractivity contribution in [2.45, 2.75) is 44.6 Å². The van der Waals surface area contributed by atoms with Gasteiger partial charge in [0.05, 0.1) is 5.92 Å². The number of unbranched alkanes of at least 4 members (excludes halogenated alkanes) is 1. The summed E-state index contributed by atoms with van der Waals surface area (Å²) in [5.41, 5.74) is 2.64. The Morgan fingerprint density at radius 3 is 2.67 bits per heavy atom. The van der Waals surface area contributed by atoms with Crippen LogP contribution < -0.4 is 5.48 Å². The number of likely N-dealkylation sites (tertiary alicyclic amines) is 1. The van der Waals surface area contributed by atoms with Crippen molar-refractivity contribution in [3.63, 3.8) is 0 Å². The van der Waals surface area contributed by atoms with E-state index in [1.807, 2.05) is 25.1 Å². The lowest BCUT2D eigenvalue weighted by Crippen LogP contribution is -2.46. The normalized spacial score (nSPS) is 19.8. The molecule has 24 heavy (non-hydrogen) atoms. The van der Waals surface area contributed by atoms with Gasteiger partial charge in [0.15, 0.2) is 0 Å². The van der Waals surface area contributed by atoms with E-state index in [0.29, 0.717) is 19.5 Å². The third-order valence-electron chi connectivity index (χ3n) is 4.72. The van der Waals surface area contributed by atoms with Crippen molar-refractivity contribution in [2.24, 2.45) is 5.92 Å². The summed E-state index contributed by atoms with van der Waals surface area (Å²) >= 11 is 0. The highest BCUT2D eigenvalue weighted by Gasteiger charge is 2.37. The number of rotatable bonds is 7. The molecule has 1 aromatic carbocycles. The summed E-state index contributed by atoms with van der Waals surface area (Å²) in [6.45, 7) is 3.20. The lowest BCUT2D eigenvalue weighted by Gasteiger charge is -2.26. The molecule has 1 aliphatic heterocycles. The molecule has 1 fully saturated rings. The lowest BCUT2D eigenvalue weighted by molar-refractivity contribution is -0.150. The summed E-state index contributed by atoms with van der Waals surface area (Å²) in [7, 11) is 0. The zero-order chi connectivity index (χ0) is 17.5. The molecule has 3 N–H and O–H groups in total. The van der Waals surface area contributed by atoms with E-state index in [9.17, 15) is 14.7 Å². The van der Waals surface area contributed by atoms with Crippen LogP contribution in [0.3, 0.4) is 0 Å². The van der Waals surface area contributed by atoms with E-state index in [4.69, 9.17) is 5.21 Å². The van der Waals surface area contributed by atoms with Crippen LogP contribution in [0.5, 0.6) is 0 Å². The molecule has 0 spiro atoms. The maximum Gasteiger partial charge on any atom is 0.272 e. The van der Waals surface area contributed by atoms with Crippen molar-refractivity contribution in [2.75, 3.05) is 13.1 Å². The number of aliphatic hydroxyl groups is 1. The van der Waals surface area contributed by atoms with Crippen LogP contribution in [0.25, 0.3) is 0 Å². The largest absolute Gasteiger partial charge is 0.382 e. The highest BCUT2D eigenvalue weighted by Crippen LogP contribution is 2.29. The number of aliphatic hydroxyl groups excluding tert-OH is 1. The van der Waals surface area contributed by atoms with Gasteiger partial charge in [-0.1, -0.05) is 50.1 Å². The summed E-state index contributed by atoms with van der Waals surface area (Å²) in [4.78, 5) is 26.1. The first-order valence-corrected chi connectivity index (χ1v) is 8.54. The lowest BCUT2D eigenvalue weighted by atomic mass is 9.93. The number of hydroxylamine groups is 1. The summed E-state index contributed by atoms with van der Waals surface area (Å²) in [5.74, 6) is -1.67. The number of nitrogens with zero attached hydrogens (tertiary/aromatic N) is 1. The predicted molar refractivity (Wildman–Crippen MR) is 89.3 cm³/mol. The molecule has 0 aliphatic carbocycles. The maximum absolute atomic E-state index is 12.8. The summed E-state index contributed by atoms with van der Waals surface area (Å²) in [5, 5.41) is 18.8. The van der Waals surface area contributed by atoms with Gasteiger partial charge < -0.3 is 10.0 Å². The molecule has 2 rings (SSSR count). The van der Waals surface area contributed by atoms with Gasteiger partial charge in [0.2, 0.25) is 5.91 Å². The number of amides is 2. The molecular formula is C18H26N2O4. The fraction of sp³-hybridized carbons (Fsp3) is 0.556. The molecule has 1 aliphatic rings. The topological polar surface area (TPSA) is 89.9 Å². The zero-order valence-electron chi connectivity index (χ0n) is 14.0. The highest BCUT2D eigenvalue weighted by molar-refractivity contribution is 5.88. The van der Waals surface area contributed by atoms with Crippen LogP contribution in [0.2, 0.25) is 0 Å². The first kappa shape index (κ1) is 18.4. The van der Waals surface area contributed by atoms with Crippen LogP contribution in [-0.2, 0) is 9.59 Å². The molecule has 0 bridgehead atoms. The van der Waals surface area contributed by atoms with E-state index in [1.165, 1.54) is 11.0 Å². The minimum absolute atomic E-state index is 0.210. The molecule has 6 nitrogen and oxygen atoms in total. The van der Waals surface area contributed by atoms with Crippen LogP contribution in [0, 0.1) is 5.92 Å². The van der Waals surface area contributed by atoms with Crippen LogP contribution in [0.1, 0.15) is 44.1 Å². The molecule has 1 saturated heterocycles. The molecule has 6 heteroatoms. The quantitative estimate of drug-likeness (QED) is 0.523. The Morgan fingerprint density at radius 1 is 1.33 bits per heavy atom. The van der Waals surface area contributed by atoms with Gasteiger partial charge in [-0.15, -0.1) is 0 Å². The smallest absolute Gasteiger partial charge is 0.272 e. The molecular weight excluding hydrogens is 308 g/mol. The van der Waals surface area contributed by atoms with Crippen molar-refractivity contribution in [1.29, 1.82) is 0 Å².